The Hall–Kier alpha value is -5.78. The van der Waals surface area contributed by atoms with Crippen LogP contribution in [0.1, 0.15) is 32.4 Å². The van der Waals surface area contributed by atoms with Gasteiger partial charge in [-0.1, -0.05) is 54.6 Å². The van der Waals surface area contributed by atoms with Gasteiger partial charge in [0.2, 0.25) is 5.78 Å². The summed E-state index contributed by atoms with van der Waals surface area (Å²) in [6.07, 6.45) is -1.44. The van der Waals surface area contributed by atoms with Crippen LogP contribution in [0.15, 0.2) is 84.9 Å². The normalized spacial score (nSPS) is 14.6. The number of amides is 1. The van der Waals surface area contributed by atoms with E-state index in [-0.39, 0.29) is 16.7 Å². The molecule has 0 bridgehead atoms. The van der Waals surface area contributed by atoms with Crippen LogP contribution >= 0.6 is 0 Å². The summed E-state index contributed by atoms with van der Waals surface area (Å²) >= 11 is 0. The highest BCUT2D eigenvalue weighted by molar-refractivity contribution is 6.45. The number of nitrogens with one attached hydrogen (secondary N) is 1. The van der Waals surface area contributed by atoms with Gasteiger partial charge in [-0.15, -0.1) is 0 Å². The molecule has 12 heteroatoms. The Bertz CT molecular complexity index is 1770. The molecule has 5 rings (SSSR count). The molecule has 0 aliphatic carbocycles. The van der Waals surface area contributed by atoms with Crippen LogP contribution < -0.4 is 5.32 Å². The first-order valence-corrected chi connectivity index (χ1v) is 11.8. The Morgan fingerprint density at radius 1 is 0.825 bits per heavy atom. The van der Waals surface area contributed by atoms with Crippen LogP contribution in [-0.2, 0) is 14.3 Å². The smallest absolute Gasteiger partial charge is 0.339 e. The number of nitro groups is 2. The molecule has 0 fully saturated rings. The fourth-order valence-corrected chi connectivity index (χ4v) is 4.55. The van der Waals surface area contributed by atoms with Gasteiger partial charge in [-0.3, -0.25) is 34.6 Å². The largest absolute Gasteiger partial charge is 0.453 e. The summed E-state index contributed by atoms with van der Waals surface area (Å²) in [5.41, 5.74) is -1.49. The summed E-state index contributed by atoms with van der Waals surface area (Å²) < 4.78 is 5.41. The number of fused-ring (bicyclic) bond motifs is 2. The third kappa shape index (κ3) is 4.65. The number of carbonyl (C=O) groups is 4. The van der Waals surface area contributed by atoms with Crippen molar-refractivity contribution in [1.82, 2.24) is 0 Å². The Morgan fingerprint density at radius 3 is 2.25 bits per heavy atom. The van der Waals surface area contributed by atoms with E-state index >= 15 is 0 Å². The molecule has 0 saturated heterocycles. The summed E-state index contributed by atoms with van der Waals surface area (Å²) in [7, 11) is 0. The maximum Gasteiger partial charge on any atom is 0.339 e. The molecule has 2 atom stereocenters. The van der Waals surface area contributed by atoms with Crippen LogP contribution in [0.5, 0.6) is 0 Å². The molecule has 198 valence electrons. The fourth-order valence-electron chi connectivity index (χ4n) is 4.55. The molecule has 4 aromatic rings. The average Bonchev–Trinajstić information content (AvgIpc) is 3.28. The number of hydrogen-bond donors (Lipinski definition) is 1. The summed E-state index contributed by atoms with van der Waals surface area (Å²) in [5.74, 6) is -6.14. The molecule has 1 heterocycles. The second kappa shape index (κ2) is 10.2. The van der Waals surface area contributed by atoms with Crippen LogP contribution in [0.2, 0.25) is 0 Å². The molecular formula is C28H17N3O9. The zero-order valence-corrected chi connectivity index (χ0v) is 20.3. The lowest BCUT2D eigenvalue weighted by Gasteiger charge is -2.21. The Balaban J connectivity index is 1.54. The average molecular weight is 539 g/mol. The van der Waals surface area contributed by atoms with Crippen molar-refractivity contribution in [1.29, 1.82) is 0 Å². The molecular weight excluding hydrogens is 522 g/mol. The lowest BCUT2D eigenvalue weighted by atomic mass is 9.84. The van der Waals surface area contributed by atoms with Gasteiger partial charge in [-0.05, 0) is 29.0 Å². The molecule has 0 aromatic heterocycles. The second-order valence-electron chi connectivity index (χ2n) is 8.85. The first kappa shape index (κ1) is 25.9. The molecule has 12 nitrogen and oxygen atoms in total. The van der Waals surface area contributed by atoms with E-state index in [2.05, 4.69) is 5.32 Å². The van der Waals surface area contributed by atoms with Crippen LogP contribution in [-0.4, -0.2) is 33.3 Å². The minimum Gasteiger partial charge on any atom is -0.453 e. The topological polar surface area (TPSA) is 176 Å². The molecule has 1 aliphatic heterocycles. The maximum atomic E-state index is 13.8. The molecule has 1 aliphatic rings. The molecule has 40 heavy (non-hydrogen) atoms. The number of Topliss-reactive ketones (excluding diaryl/α,β-unsaturated/α-hetero) is 2. The van der Waals surface area contributed by atoms with Gasteiger partial charge < -0.3 is 10.1 Å². The highest BCUT2D eigenvalue weighted by Gasteiger charge is 2.46. The van der Waals surface area contributed by atoms with Crippen molar-refractivity contribution in [3.63, 3.8) is 0 Å². The van der Waals surface area contributed by atoms with E-state index in [9.17, 15) is 39.4 Å². The van der Waals surface area contributed by atoms with E-state index in [0.29, 0.717) is 11.5 Å². The SMILES string of the molecule is O=C(Nc1ccc([N+](=O)[O-])cc1[N+](=O)[O-])C(=O)[C@H](C(=O)c1ccc2ccccc2c1)[C@@H]1OC(=O)c2ccccc21. The first-order valence-electron chi connectivity index (χ1n) is 11.8. The number of benzene rings is 4. The third-order valence-electron chi connectivity index (χ3n) is 6.48. The number of nitro benzene ring substituents is 2. The van der Waals surface area contributed by atoms with Crippen molar-refractivity contribution in [2.45, 2.75) is 6.10 Å². The van der Waals surface area contributed by atoms with E-state index in [1.165, 1.54) is 18.2 Å². The van der Waals surface area contributed by atoms with Crippen molar-refractivity contribution in [3.8, 4) is 0 Å². The van der Waals surface area contributed by atoms with Crippen molar-refractivity contribution < 1.29 is 33.8 Å². The lowest BCUT2D eigenvalue weighted by molar-refractivity contribution is -0.393. The number of hydrogen-bond acceptors (Lipinski definition) is 9. The first-order chi connectivity index (χ1) is 19.2. The molecule has 0 radical (unpaired) electrons. The van der Waals surface area contributed by atoms with Crippen molar-refractivity contribution in [2.24, 2.45) is 5.92 Å². The number of ketones is 2. The number of rotatable bonds is 8. The quantitative estimate of drug-likeness (QED) is 0.0839. The van der Waals surface area contributed by atoms with Gasteiger partial charge in [0.1, 0.15) is 17.7 Å². The highest BCUT2D eigenvalue weighted by Crippen LogP contribution is 2.39. The van der Waals surface area contributed by atoms with E-state index in [1.54, 1.807) is 36.4 Å². The predicted molar refractivity (Wildman–Crippen MR) is 140 cm³/mol. The molecule has 0 unspecified atom stereocenters. The summed E-state index contributed by atoms with van der Waals surface area (Å²) in [5, 5.41) is 26.1. The van der Waals surface area contributed by atoms with Crippen molar-refractivity contribution >= 4 is 51.3 Å². The Labute approximate surface area is 224 Å². The second-order valence-corrected chi connectivity index (χ2v) is 8.85. The monoisotopic (exact) mass is 539 g/mol. The van der Waals surface area contributed by atoms with Crippen LogP contribution in [0.3, 0.4) is 0 Å². The van der Waals surface area contributed by atoms with Gasteiger partial charge in [-0.2, -0.15) is 0 Å². The zero-order chi connectivity index (χ0) is 28.6. The van der Waals surface area contributed by atoms with E-state index in [4.69, 9.17) is 4.74 Å². The minimum absolute atomic E-state index is 0.0756. The fraction of sp³-hybridized carbons (Fsp3) is 0.0714. The molecule has 1 N–H and O–H groups in total. The molecule has 0 saturated carbocycles. The minimum atomic E-state index is -1.83. The van der Waals surface area contributed by atoms with Crippen LogP contribution in [0.25, 0.3) is 10.8 Å². The van der Waals surface area contributed by atoms with Gasteiger partial charge in [0, 0.05) is 17.2 Å². The molecule has 0 spiro atoms. The van der Waals surface area contributed by atoms with E-state index < -0.39 is 62.4 Å². The van der Waals surface area contributed by atoms with Gasteiger partial charge in [0.05, 0.1) is 21.5 Å². The number of nitrogens with zero attached hydrogens (tertiary/aromatic N) is 2. The number of carbonyl (C=O) groups excluding carboxylic acids is 4. The van der Waals surface area contributed by atoms with Gasteiger partial charge in [-0.25, -0.2) is 4.79 Å². The van der Waals surface area contributed by atoms with Crippen molar-refractivity contribution in [2.75, 3.05) is 5.32 Å². The number of anilines is 1. The Kier molecular flexibility index (Phi) is 6.58. The number of esters is 1. The predicted octanol–water partition coefficient (Wildman–Crippen LogP) is 4.57. The van der Waals surface area contributed by atoms with Crippen LogP contribution in [0.4, 0.5) is 17.1 Å². The third-order valence-corrected chi connectivity index (χ3v) is 6.48. The number of cyclic esters (lactones) is 1. The summed E-state index contributed by atoms with van der Waals surface area (Å²) in [6.45, 7) is 0. The van der Waals surface area contributed by atoms with E-state index in [1.807, 2.05) is 12.1 Å². The zero-order valence-electron chi connectivity index (χ0n) is 20.3. The Morgan fingerprint density at radius 2 is 1.52 bits per heavy atom. The molecule has 4 aromatic carbocycles. The highest BCUT2D eigenvalue weighted by atomic mass is 16.6. The molecule has 1 amide bonds. The van der Waals surface area contributed by atoms with Gasteiger partial charge in [0.15, 0.2) is 5.78 Å². The van der Waals surface area contributed by atoms with Gasteiger partial charge >= 0.3 is 5.97 Å². The van der Waals surface area contributed by atoms with Crippen molar-refractivity contribution in [3.05, 3.63) is 122 Å². The summed E-state index contributed by atoms with van der Waals surface area (Å²) in [6, 6.07) is 20.4. The maximum absolute atomic E-state index is 13.8. The lowest BCUT2D eigenvalue weighted by Crippen LogP contribution is -2.38. The number of non-ortho nitro benzene ring substituents is 1. The standard InChI is InChI=1S/C28H17N3O9/c32-24(17-10-9-15-5-1-2-6-16(15)13-17)23(26-19-7-3-4-8-20(19)28(35)40-26)25(33)27(34)29-21-12-11-18(30(36)37)14-22(21)31(38)39/h1-14,23,26H,(H,29,34)/t23-,26+/m0/s1. The number of ether oxygens (including phenoxy) is 1. The van der Waals surface area contributed by atoms with Crippen LogP contribution in [0, 0.1) is 26.1 Å². The summed E-state index contributed by atoms with van der Waals surface area (Å²) in [4.78, 5) is 73.8. The van der Waals surface area contributed by atoms with E-state index in [0.717, 1.165) is 17.5 Å². The van der Waals surface area contributed by atoms with Gasteiger partial charge in [0.25, 0.3) is 17.3 Å².